The number of aliphatic imine (C=N–C) groups is 1. The van der Waals surface area contributed by atoms with Gasteiger partial charge in [-0.25, -0.2) is 8.42 Å². The molecule has 2 aromatic carbocycles. The van der Waals surface area contributed by atoms with Crippen LogP contribution >= 0.6 is 0 Å². The van der Waals surface area contributed by atoms with E-state index in [2.05, 4.69) is 9.71 Å². The van der Waals surface area contributed by atoms with E-state index in [0.717, 1.165) is 5.56 Å². The first-order valence-electron chi connectivity index (χ1n) is 7.47. The number of sulfonamides is 1. The number of hydrogen-bond acceptors (Lipinski definition) is 3. The van der Waals surface area contributed by atoms with Crippen LogP contribution in [0.25, 0.3) is 0 Å². The summed E-state index contributed by atoms with van der Waals surface area (Å²) in [6.45, 7) is 5.82. The number of rotatable bonds is 4. The van der Waals surface area contributed by atoms with Crippen molar-refractivity contribution < 1.29 is 8.42 Å². The van der Waals surface area contributed by atoms with Gasteiger partial charge < -0.3 is 0 Å². The molecular formula is C18H22N2O2S. The molecule has 2 rings (SSSR count). The highest BCUT2D eigenvalue weighted by Crippen LogP contribution is 2.12. The normalized spacial score (nSPS) is 12.9. The third kappa shape index (κ3) is 5.53. The van der Waals surface area contributed by atoms with Crippen molar-refractivity contribution in [2.24, 2.45) is 4.99 Å². The van der Waals surface area contributed by atoms with Gasteiger partial charge in [-0.3, -0.25) is 9.71 Å². The summed E-state index contributed by atoms with van der Waals surface area (Å²) < 4.78 is 27.7. The monoisotopic (exact) mass is 330 g/mol. The zero-order valence-corrected chi connectivity index (χ0v) is 14.5. The van der Waals surface area contributed by atoms with Crippen molar-refractivity contribution in [1.29, 1.82) is 0 Å². The number of hydrogen-bond donors (Lipinski definition) is 1. The molecule has 1 N–H and O–H groups in total. The molecule has 0 aliphatic rings. The second-order valence-electron chi connectivity index (χ2n) is 6.31. The van der Waals surface area contributed by atoms with Gasteiger partial charge in [0, 0.05) is 6.42 Å². The average Bonchev–Trinajstić information content (AvgIpc) is 2.47. The van der Waals surface area contributed by atoms with Crippen LogP contribution in [0.5, 0.6) is 0 Å². The van der Waals surface area contributed by atoms with E-state index in [4.69, 9.17) is 0 Å². The van der Waals surface area contributed by atoms with Gasteiger partial charge >= 0.3 is 0 Å². The fraction of sp³-hybridized carbons (Fsp3) is 0.278. The second-order valence-corrected chi connectivity index (χ2v) is 7.99. The molecule has 5 heteroatoms. The molecule has 0 unspecified atom stereocenters. The first-order valence-corrected chi connectivity index (χ1v) is 8.95. The van der Waals surface area contributed by atoms with Crippen LogP contribution < -0.4 is 4.72 Å². The van der Waals surface area contributed by atoms with Gasteiger partial charge in [-0.2, -0.15) is 0 Å². The maximum absolute atomic E-state index is 12.5. The van der Waals surface area contributed by atoms with Crippen LogP contribution in [0.3, 0.4) is 0 Å². The summed E-state index contributed by atoms with van der Waals surface area (Å²) in [5, 5.41) is 0. The maximum atomic E-state index is 12.5. The maximum Gasteiger partial charge on any atom is 0.262 e. The fourth-order valence-corrected chi connectivity index (χ4v) is 3.17. The largest absolute Gasteiger partial charge is 0.267 e. The van der Waals surface area contributed by atoms with Crippen LogP contribution in [0, 0.1) is 0 Å². The molecule has 0 atom stereocenters. The molecule has 0 saturated carbocycles. The molecule has 0 aliphatic carbocycles. The van der Waals surface area contributed by atoms with Crippen LogP contribution in [0.1, 0.15) is 26.3 Å². The smallest absolute Gasteiger partial charge is 0.262 e. The van der Waals surface area contributed by atoms with E-state index in [1.165, 1.54) is 0 Å². The summed E-state index contributed by atoms with van der Waals surface area (Å²) in [6.07, 6.45) is 0.435. The molecule has 0 aliphatic heterocycles. The Bertz CT molecular complexity index is 762. The number of amidine groups is 1. The first-order chi connectivity index (χ1) is 10.8. The van der Waals surface area contributed by atoms with Gasteiger partial charge in [0.05, 0.1) is 10.4 Å². The molecule has 0 fully saturated rings. The van der Waals surface area contributed by atoms with Gasteiger partial charge in [0.15, 0.2) is 0 Å². The fourth-order valence-electron chi connectivity index (χ4n) is 2.11. The Hall–Kier alpha value is -2.14. The minimum absolute atomic E-state index is 0.231. The van der Waals surface area contributed by atoms with Crippen molar-refractivity contribution in [2.45, 2.75) is 37.6 Å². The third-order valence-corrected chi connectivity index (χ3v) is 4.39. The number of nitrogens with one attached hydrogen (secondary N) is 1. The van der Waals surface area contributed by atoms with E-state index < -0.39 is 10.0 Å². The van der Waals surface area contributed by atoms with Crippen LogP contribution in [-0.2, 0) is 16.4 Å². The highest BCUT2D eigenvalue weighted by molar-refractivity contribution is 7.90. The van der Waals surface area contributed by atoms with E-state index in [1.807, 2.05) is 51.1 Å². The Morgan fingerprint density at radius 2 is 1.48 bits per heavy atom. The molecule has 0 spiro atoms. The third-order valence-electron chi connectivity index (χ3n) is 2.99. The van der Waals surface area contributed by atoms with E-state index in [0.29, 0.717) is 12.3 Å². The topological polar surface area (TPSA) is 58.5 Å². The quantitative estimate of drug-likeness (QED) is 0.690. The van der Waals surface area contributed by atoms with Gasteiger partial charge in [-0.15, -0.1) is 0 Å². The Morgan fingerprint density at radius 3 is 2.00 bits per heavy atom. The lowest BCUT2D eigenvalue weighted by molar-refractivity contribution is 0.576. The molecule has 2 aromatic rings. The van der Waals surface area contributed by atoms with Crippen molar-refractivity contribution in [2.75, 3.05) is 0 Å². The minimum Gasteiger partial charge on any atom is -0.267 e. The van der Waals surface area contributed by atoms with Crippen molar-refractivity contribution in [3.8, 4) is 0 Å². The van der Waals surface area contributed by atoms with Crippen molar-refractivity contribution in [3.63, 3.8) is 0 Å². The van der Waals surface area contributed by atoms with Crippen LogP contribution in [0.4, 0.5) is 0 Å². The van der Waals surface area contributed by atoms with Crippen LogP contribution in [-0.4, -0.2) is 19.8 Å². The van der Waals surface area contributed by atoms with Crippen molar-refractivity contribution in [1.82, 2.24) is 4.72 Å². The van der Waals surface area contributed by atoms with E-state index in [9.17, 15) is 8.42 Å². The van der Waals surface area contributed by atoms with E-state index in [-0.39, 0.29) is 10.4 Å². The van der Waals surface area contributed by atoms with Crippen LogP contribution in [0.2, 0.25) is 0 Å². The molecule has 0 radical (unpaired) electrons. The van der Waals surface area contributed by atoms with E-state index in [1.54, 1.807) is 30.3 Å². The lowest BCUT2D eigenvalue weighted by Crippen LogP contribution is -2.34. The molecule has 0 amide bonds. The predicted molar refractivity (Wildman–Crippen MR) is 94.1 cm³/mol. The summed E-state index contributed by atoms with van der Waals surface area (Å²) in [5.41, 5.74) is 0.634. The minimum atomic E-state index is -3.63. The van der Waals surface area contributed by atoms with Crippen molar-refractivity contribution in [3.05, 3.63) is 66.2 Å². The van der Waals surface area contributed by atoms with E-state index >= 15 is 0 Å². The molecule has 0 aromatic heterocycles. The average molecular weight is 330 g/mol. The SMILES string of the molecule is CC(C)(C)N=C(Cc1ccccc1)NS(=O)(=O)c1ccccc1. The number of nitrogens with zero attached hydrogens (tertiary/aromatic N) is 1. The van der Waals surface area contributed by atoms with Crippen molar-refractivity contribution >= 4 is 15.9 Å². The first kappa shape index (κ1) is 17.2. The molecule has 0 heterocycles. The van der Waals surface area contributed by atoms with Gasteiger partial charge in [0.2, 0.25) is 0 Å². The standard InChI is InChI=1S/C18H22N2O2S/c1-18(2,3)19-17(14-15-10-6-4-7-11-15)20-23(21,22)16-12-8-5-9-13-16/h4-13H,14H2,1-3H3,(H,19,20). The summed E-state index contributed by atoms with van der Waals surface area (Å²) in [4.78, 5) is 4.77. The molecule has 0 bridgehead atoms. The zero-order valence-electron chi connectivity index (χ0n) is 13.7. The molecule has 23 heavy (non-hydrogen) atoms. The summed E-state index contributed by atoms with van der Waals surface area (Å²) in [6, 6.07) is 18.0. The Labute approximate surface area is 138 Å². The molecule has 122 valence electrons. The Kier molecular flexibility index (Phi) is 5.21. The lowest BCUT2D eigenvalue weighted by Gasteiger charge is -2.18. The Balaban J connectivity index is 2.30. The Morgan fingerprint density at radius 1 is 0.957 bits per heavy atom. The van der Waals surface area contributed by atoms with Crippen LogP contribution in [0.15, 0.2) is 70.6 Å². The second kappa shape index (κ2) is 6.96. The summed E-state index contributed by atoms with van der Waals surface area (Å²) in [7, 11) is -3.63. The van der Waals surface area contributed by atoms with Gasteiger partial charge in [0.25, 0.3) is 10.0 Å². The number of benzene rings is 2. The predicted octanol–water partition coefficient (Wildman–Crippen LogP) is 3.40. The molecule has 4 nitrogen and oxygen atoms in total. The summed E-state index contributed by atoms with van der Waals surface area (Å²) >= 11 is 0. The highest BCUT2D eigenvalue weighted by Gasteiger charge is 2.18. The van der Waals surface area contributed by atoms with Gasteiger partial charge in [-0.05, 0) is 38.5 Å². The molecular weight excluding hydrogens is 308 g/mol. The summed E-state index contributed by atoms with van der Waals surface area (Å²) in [5.74, 6) is 0.438. The van der Waals surface area contributed by atoms with Gasteiger partial charge in [-0.1, -0.05) is 48.5 Å². The van der Waals surface area contributed by atoms with Gasteiger partial charge in [0.1, 0.15) is 5.84 Å². The highest BCUT2D eigenvalue weighted by atomic mass is 32.2. The lowest BCUT2D eigenvalue weighted by atomic mass is 10.1. The molecule has 0 saturated heterocycles. The zero-order chi connectivity index (χ0) is 16.9.